The largest absolute Gasteiger partial charge is 0.343 e. The minimum absolute atomic E-state index is 0.0385. The first-order valence-electron chi connectivity index (χ1n) is 9.68. The van der Waals surface area contributed by atoms with E-state index >= 15 is 0 Å². The molecule has 0 aliphatic heterocycles. The number of benzene rings is 3. The number of carbonyl (C=O) groups excluding carboxylic acids is 1. The number of nitrogens with one attached hydrogen (secondary N) is 1. The first-order chi connectivity index (χ1) is 14.0. The van der Waals surface area contributed by atoms with Crippen LogP contribution in [0.2, 0.25) is 0 Å². The van der Waals surface area contributed by atoms with Crippen molar-refractivity contribution in [3.8, 4) is 0 Å². The normalized spacial score (nSPS) is 11.0. The van der Waals surface area contributed by atoms with E-state index in [1.807, 2.05) is 62.5 Å². The molecular formula is C25H23FN2O. The molecule has 0 saturated carbocycles. The summed E-state index contributed by atoms with van der Waals surface area (Å²) in [6.45, 7) is 4.63. The third kappa shape index (κ3) is 4.21. The zero-order valence-electron chi connectivity index (χ0n) is 16.6. The number of hydrogen-bond acceptors (Lipinski definition) is 1. The lowest BCUT2D eigenvalue weighted by molar-refractivity contribution is -0.115. The maximum Gasteiger partial charge on any atom is 0.228 e. The fourth-order valence-electron chi connectivity index (χ4n) is 3.62. The molecule has 0 spiro atoms. The highest BCUT2D eigenvalue weighted by Gasteiger charge is 2.13. The summed E-state index contributed by atoms with van der Waals surface area (Å²) in [6, 6.07) is 20.6. The Morgan fingerprint density at radius 1 is 1.00 bits per heavy atom. The first-order valence-corrected chi connectivity index (χ1v) is 9.68. The Balaban J connectivity index is 1.59. The maximum absolute atomic E-state index is 13.2. The van der Waals surface area contributed by atoms with Crippen LogP contribution in [-0.4, -0.2) is 10.5 Å². The molecular weight excluding hydrogens is 363 g/mol. The molecule has 0 aliphatic rings. The smallest absolute Gasteiger partial charge is 0.228 e. The monoisotopic (exact) mass is 386 g/mol. The number of halogens is 1. The quantitative estimate of drug-likeness (QED) is 0.474. The van der Waals surface area contributed by atoms with Gasteiger partial charge in [0.15, 0.2) is 0 Å². The molecule has 0 fully saturated rings. The van der Waals surface area contributed by atoms with Crippen LogP contribution in [0.15, 0.2) is 72.9 Å². The zero-order chi connectivity index (χ0) is 20.4. The van der Waals surface area contributed by atoms with E-state index in [9.17, 15) is 9.18 Å². The number of fused-ring (bicyclic) bond motifs is 1. The highest BCUT2D eigenvalue weighted by atomic mass is 19.1. The van der Waals surface area contributed by atoms with E-state index in [4.69, 9.17) is 0 Å². The van der Waals surface area contributed by atoms with E-state index in [2.05, 4.69) is 9.88 Å². The number of para-hydroxylation sites is 1. The molecule has 3 aromatic carbocycles. The second-order valence-electron chi connectivity index (χ2n) is 7.47. The van der Waals surface area contributed by atoms with Gasteiger partial charge in [-0.2, -0.15) is 0 Å². The van der Waals surface area contributed by atoms with Crippen molar-refractivity contribution in [1.29, 1.82) is 0 Å². The van der Waals surface area contributed by atoms with Gasteiger partial charge in [0.2, 0.25) is 5.91 Å². The van der Waals surface area contributed by atoms with Gasteiger partial charge < -0.3 is 9.88 Å². The van der Waals surface area contributed by atoms with Gasteiger partial charge in [0, 0.05) is 29.3 Å². The molecule has 146 valence electrons. The SMILES string of the molecule is Cc1ccc(C)c(NC(=O)Cc2cn(Cc3ccc(F)cc3)c3ccccc23)c1. The predicted molar refractivity (Wildman–Crippen MR) is 116 cm³/mol. The number of aryl methyl sites for hydroxylation is 2. The van der Waals surface area contributed by atoms with E-state index in [-0.39, 0.29) is 11.7 Å². The van der Waals surface area contributed by atoms with E-state index < -0.39 is 0 Å². The van der Waals surface area contributed by atoms with E-state index in [0.717, 1.165) is 38.8 Å². The Morgan fingerprint density at radius 3 is 2.55 bits per heavy atom. The van der Waals surface area contributed by atoms with E-state index in [1.54, 1.807) is 12.1 Å². The number of hydrogen-bond donors (Lipinski definition) is 1. The minimum atomic E-state index is -0.241. The van der Waals surface area contributed by atoms with Gasteiger partial charge in [-0.05, 0) is 60.4 Å². The van der Waals surface area contributed by atoms with Crippen molar-refractivity contribution >= 4 is 22.5 Å². The topological polar surface area (TPSA) is 34.0 Å². The number of rotatable bonds is 5. The first kappa shape index (κ1) is 18.9. The van der Waals surface area contributed by atoms with Crippen LogP contribution >= 0.6 is 0 Å². The van der Waals surface area contributed by atoms with Gasteiger partial charge in [-0.25, -0.2) is 4.39 Å². The van der Waals surface area contributed by atoms with E-state index in [0.29, 0.717) is 13.0 Å². The zero-order valence-corrected chi connectivity index (χ0v) is 16.6. The molecule has 29 heavy (non-hydrogen) atoms. The van der Waals surface area contributed by atoms with Crippen molar-refractivity contribution in [3.05, 3.63) is 101 Å². The second kappa shape index (κ2) is 7.92. The number of carbonyl (C=O) groups is 1. The van der Waals surface area contributed by atoms with Gasteiger partial charge in [0.25, 0.3) is 0 Å². The summed E-state index contributed by atoms with van der Waals surface area (Å²) in [5.41, 5.74) is 6.06. The highest BCUT2D eigenvalue weighted by molar-refractivity contribution is 5.96. The van der Waals surface area contributed by atoms with Crippen LogP contribution in [0.3, 0.4) is 0 Å². The highest BCUT2D eigenvalue weighted by Crippen LogP contribution is 2.24. The van der Waals surface area contributed by atoms with Crippen LogP contribution in [0.25, 0.3) is 10.9 Å². The van der Waals surface area contributed by atoms with Gasteiger partial charge in [-0.3, -0.25) is 4.79 Å². The third-order valence-corrected chi connectivity index (χ3v) is 5.16. The van der Waals surface area contributed by atoms with Gasteiger partial charge >= 0.3 is 0 Å². The van der Waals surface area contributed by atoms with Gasteiger partial charge in [-0.1, -0.05) is 42.5 Å². The number of nitrogens with zero attached hydrogens (tertiary/aromatic N) is 1. The molecule has 0 bridgehead atoms. The van der Waals surface area contributed by atoms with Crippen LogP contribution in [-0.2, 0) is 17.8 Å². The lowest BCUT2D eigenvalue weighted by Gasteiger charge is -2.09. The third-order valence-electron chi connectivity index (χ3n) is 5.16. The molecule has 0 aliphatic carbocycles. The molecule has 4 heteroatoms. The molecule has 0 radical (unpaired) electrons. The Morgan fingerprint density at radius 2 is 1.76 bits per heavy atom. The molecule has 0 unspecified atom stereocenters. The molecule has 1 amide bonds. The van der Waals surface area contributed by atoms with Crippen LogP contribution < -0.4 is 5.32 Å². The molecule has 1 heterocycles. The lowest BCUT2D eigenvalue weighted by Crippen LogP contribution is -2.15. The van der Waals surface area contributed by atoms with Crippen molar-refractivity contribution < 1.29 is 9.18 Å². The predicted octanol–water partition coefficient (Wildman–Crippen LogP) is 5.63. The van der Waals surface area contributed by atoms with Gasteiger partial charge in [0.1, 0.15) is 5.82 Å². The van der Waals surface area contributed by atoms with Gasteiger partial charge in [-0.15, -0.1) is 0 Å². The fraction of sp³-hybridized carbons (Fsp3) is 0.160. The summed E-state index contributed by atoms with van der Waals surface area (Å²) in [5.74, 6) is -0.279. The summed E-state index contributed by atoms with van der Waals surface area (Å²) >= 11 is 0. The minimum Gasteiger partial charge on any atom is -0.343 e. The Kier molecular flexibility index (Phi) is 5.17. The Bertz CT molecular complexity index is 1180. The number of aromatic nitrogens is 1. The number of anilines is 1. The molecule has 4 rings (SSSR count). The van der Waals surface area contributed by atoms with Crippen LogP contribution in [0.1, 0.15) is 22.3 Å². The fourth-order valence-corrected chi connectivity index (χ4v) is 3.62. The average molecular weight is 386 g/mol. The molecule has 0 saturated heterocycles. The van der Waals surface area contributed by atoms with Crippen molar-refractivity contribution in [2.75, 3.05) is 5.32 Å². The molecule has 0 atom stereocenters. The summed E-state index contributed by atoms with van der Waals surface area (Å²) < 4.78 is 15.3. The Hall–Kier alpha value is -3.40. The van der Waals surface area contributed by atoms with E-state index in [1.165, 1.54) is 12.1 Å². The number of amides is 1. The Labute approximate surface area is 169 Å². The van der Waals surface area contributed by atoms with Crippen LogP contribution in [0, 0.1) is 19.7 Å². The second-order valence-corrected chi connectivity index (χ2v) is 7.47. The molecule has 4 aromatic rings. The van der Waals surface area contributed by atoms with Crippen molar-refractivity contribution in [2.24, 2.45) is 0 Å². The van der Waals surface area contributed by atoms with Gasteiger partial charge in [0.05, 0.1) is 6.42 Å². The summed E-state index contributed by atoms with van der Waals surface area (Å²) in [6.07, 6.45) is 2.32. The molecule has 1 N–H and O–H groups in total. The lowest BCUT2D eigenvalue weighted by atomic mass is 10.1. The van der Waals surface area contributed by atoms with Crippen molar-refractivity contribution in [2.45, 2.75) is 26.8 Å². The summed E-state index contributed by atoms with van der Waals surface area (Å²) in [7, 11) is 0. The standard InChI is InChI=1S/C25H23FN2O/c1-17-7-8-18(2)23(13-17)27-25(29)14-20-16-28(24-6-4-3-5-22(20)24)15-19-9-11-21(26)12-10-19/h3-13,16H,14-15H2,1-2H3,(H,27,29). The van der Waals surface area contributed by atoms with Crippen LogP contribution in [0.4, 0.5) is 10.1 Å². The summed E-state index contributed by atoms with van der Waals surface area (Å²) in [4.78, 5) is 12.7. The molecule has 3 nitrogen and oxygen atoms in total. The summed E-state index contributed by atoms with van der Waals surface area (Å²) in [5, 5.41) is 4.10. The van der Waals surface area contributed by atoms with Crippen molar-refractivity contribution in [1.82, 2.24) is 4.57 Å². The average Bonchev–Trinajstić information content (AvgIpc) is 3.04. The van der Waals surface area contributed by atoms with Crippen LogP contribution in [0.5, 0.6) is 0 Å². The maximum atomic E-state index is 13.2. The van der Waals surface area contributed by atoms with Crippen molar-refractivity contribution in [3.63, 3.8) is 0 Å². The molecule has 1 aromatic heterocycles.